The zero-order valence-electron chi connectivity index (χ0n) is 11.4. The van der Waals surface area contributed by atoms with Crippen LogP contribution in [0.3, 0.4) is 0 Å². The number of aromatic hydroxyl groups is 1. The predicted octanol–water partition coefficient (Wildman–Crippen LogP) is 2.57. The first kappa shape index (κ1) is 14.6. The quantitative estimate of drug-likeness (QED) is 0.675. The fourth-order valence-corrected chi connectivity index (χ4v) is 1.73. The molecule has 0 heterocycles. The molecule has 0 aromatic heterocycles. The molecule has 0 aliphatic carbocycles. The molecular weight excluding hydrogens is 272 g/mol. The van der Waals surface area contributed by atoms with Gasteiger partial charge in [-0.05, 0) is 29.8 Å². The molecule has 0 aliphatic rings. The van der Waals surface area contributed by atoms with Crippen LogP contribution in [0.25, 0.3) is 0 Å². The Morgan fingerprint density at radius 3 is 2.48 bits per heavy atom. The highest BCUT2D eigenvalue weighted by Crippen LogP contribution is 2.23. The van der Waals surface area contributed by atoms with Gasteiger partial charge in [0, 0.05) is 6.07 Å². The molecule has 21 heavy (non-hydrogen) atoms. The fraction of sp³-hybridized carbons (Fsp3) is 0.125. The van der Waals surface area contributed by atoms with Gasteiger partial charge in [-0.3, -0.25) is 4.79 Å². The molecule has 108 valence electrons. The van der Waals surface area contributed by atoms with E-state index in [4.69, 9.17) is 4.74 Å². The Hall–Kier alpha value is -2.82. The third-order valence-corrected chi connectivity index (χ3v) is 2.91. The van der Waals surface area contributed by atoms with Crippen LogP contribution in [-0.2, 0) is 11.3 Å². The molecule has 0 saturated heterocycles. The lowest BCUT2D eigenvalue weighted by atomic mass is 10.1. The van der Waals surface area contributed by atoms with Gasteiger partial charge in [0.2, 0.25) is 0 Å². The van der Waals surface area contributed by atoms with Gasteiger partial charge in [0.1, 0.15) is 18.1 Å². The first-order valence-electron chi connectivity index (χ1n) is 6.22. The number of carbonyl (C=O) groups excluding carboxylic acids is 2. The number of phenolic OH excluding ortho intramolecular Hbond substituents is 1. The minimum atomic E-state index is -0.392. The molecule has 0 spiro atoms. The van der Waals surface area contributed by atoms with Gasteiger partial charge in [-0.2, -0.15) is 0 Å². The molecule has 2 rings (SSSR count). The largest absolute Gasteiger partial charge is 0.507 e. The van der Waals surface area contributed by atoms with E-state index in [1.165, 1.54) is 19.2 Å². The summed E-state index contributed by atoms with van der Waals surface area (Å²) in [6, 6.07) is 11.3. The number of esters is 1. The van der Waals surface area contributed by atoms with Crippen molar-refractivity contribution in [2.75, 3.05) is 7.11 Å². The van der Waals surface area contributed by atoms with Crippen molar-refractivity contribution in [3.63, 3.8) is 0 Å². The van der Waals surface area contributed by atoms with Crippen LogP contribution >= 0.6 is 0 Å². The van der Waals surface area contributed by atoms with Gasteiger partial charge in [0.15, 0.2) is 6.29 Å². The summed E-state index contributed by atoms with van der Waals surface area (Å²) < 4.78 is 10.1. The third kappa shape index (κ3) is 3.60. The second kappa shape index (κ2) is 6.56. The molecule has 0 atom stereocenters. The van der Waals surface area contributed by atoms with Crippen LogP contribution in [0.4, 0.5) is 0 Å². The van der Waals surface area contributed by atoms with Gasteiger partial charge < -0.3 is 14.6 Å². The summed E-state index contributed by atoms with van der Waals surface area (Å²) in [5, 5.41) is 9.55. The molecule has 0 bridgehead atoms. The highest BCUT2D eigenvalue weighted by molar-refractivity contribution is 5.89. The third-order valence-electron chi connectivity index (χ3n) is 2.91. The van der Waals surface area contributed by atoms with Crippen molar-refractivity contribution in [1.29, 1.82) is 0 Å². The van der Waals surface area contributed by atoms with Crippen LogP contribution < -0.4 is 4.74 Å². The topological polar surface area (TPSA) is 72.8 Å². The molecule has 0 fully saturated rings. The summed E-state index contributed by atoms with van der Waals surface area (Å²) in [5.74, 6) is -0.0597. The maximum Gasteiger partial charge on any atom is 0.337 e. The van der Waals surface area contributed by atoms with E-state index in [2.05, 4.69) is 4.74 Å². The second-order valence-electron chi connectivity index (χ2n) is 4.32. The summed E-state index contributed by atoms with van der Waals surface area (Å²) in [7, 11) is 1.33. The number of benzene rings is 2. The van der Waals surface area contributed by atoms with Crippen LogP contribution in [0.2, 0.25) is 0 Å². The van der Waals surface area contributed by atoms with E-state index >= 15 is 0 Å². The van der Waals surface area contributed by atoms with Crippen molar-refractivity contribution in [1.82, 2.24) is 0 Å². The molecule has 0 amide bonds. The summed E-state index contributed by atoms with van der Waals surface area (Å²) in [4.78, 5) is 21.9. The van der Waals surface area contributed by atoms with Gasteiger partial charge in [-0.25, -0.2) is 4.79 Å². The Labute approximate surface area is 121 Å². The highest BCUT2D eigenvalue weighted by atomic mass is 16.5. The van der Waals surface area contributed by atoms with Gasteiger partial charge in [0.25, 0.3) is 0 Å². The van der Waals surface area contributed by atoms with E-state index in [0.717, 1.165) is 5.56 Å². The van der Waals surface area contributed by atoms with Crippen molar-refractivity contribution in [2.24, 2.45) is 0 Å². The Morgan fingerprint density at radius 1 is 1.19 bits per heavy atom. The maximum atomic E-state index is 11.3. The van der Waals surface area contributed by atoms with E-state index in [0.29, 0.717) is 17.6 Å². The standard InChI is InChI=1S/C16H14O5/c1-20-16(19)12-4-2-11(3-5-12)10-21-14-7-6-13(9-17)15(18)8-14/h2-9,18H,10H2,1H3. The van der Waals surface area contributed by atoms with Crippen molar-refractivity contribution in [3.05, 3.63) is 59.2 Å². The molecule has 5 nitrogen and oxygen atoms in total. The van der Waals surface area contributed by atoms with Crippen molar-refractivity contribution in [2.45, 2.75) is 6.61 Å². The van der Waals surface area contributed by atoms with Gasteiger partial charge in [0.05, 0.1) is 18.2 Å². The molecular formula is C16H14O5. The zero-order chi connectivity index (χ0) is 15.2. The number of carbonyl (C=O) groups is 2. The van der Waals surface area contributed by atoms with E-state index in [1.807, 2.05) is 0 Å². The molecule has 2 aromatic carbocycles. The normalized spacial score (nSPS) is 9.95. The van der Waals surface area contributed by atoms with Crippen LogP contribution in [0.15, 0.2) is 42.5 Å². The molecule has 0 saturated carbocycles. The number of methoxy groups -OCH3 is 1. The SMILES string of the molecule is COC(=O)c1ccc(COc2ccc(C=O)c(O)c2)cc1. The van der Waals surface area contributed by atoms with Crippen LogP contribution in [-0.4, -0.2) is 24.5 Å². The highest BCUT2D eigenvalue weighted by Gasteiger charge is 2.05. The first-order valence-corrected chi connectivity index (χ1v) is 6.22. The molecule has 0 aliphatic heterocycles. The van der Waals surface area contributed by atoms with E-state index in [9.17, 15) is 14.7 Å². The Kier molecular flexibility index (Phi) is 4.56. The molecule has 0 unspecified atom stereocenters. The minimum absolute atomic E-state index is 0.122. The Morgan fingerprint density at radius 2 is 1.90 bits per heavy atom. The minimum Gasteiger partial charge on any atom is -0.507 e. The average molecular weight is 286 g/mol. The number of aldehydes is 1. The monoisotopic (exact) mass is 286 g/mol. The van der Waals surface area contributed by atoms with Crippen molar-refractivity contribution < 1.29 is 24.2 Å². The Balaban J connectivity index is 2.01. The van der Waals surface area contributed by atoms with Gasteiger partial charge in [-0.1, -0.05) is 12.1 Å². The van der Waals surface area contributed by atoms with E-state index < -0.39 is 5.97 Å². The molecule has 0 radical (unpaired) electrons. The molecule has 2 aromatic rings. The number of hydrogen-bond donors (Lipinski definition) is 1. The average Bonchev–Trinajstić information content (AvgIpc) is 2.52. The predicted molar refractivity (Wildman–Crippen MR) is 75.6 cm³/mol. The second-order valence-corrected chi connectivity index (χ2v) is 4.32. The zero-order valence-corrected chi connectivity index (χ0v) is 11.4. The molecule has 1 N–H and O–H groups in total. The van der Waals surface area contributed by atoms with Crippen LogP contribution in [0, 0.1) is 0 Å². The van der Waals surface area contributed by atoms with E-state index in [1.54, 1.807) is 30.3 Å². The van der Waals surface area contributed by atoms with Gasteiger partial charge >= 0.3 is 5.97 Å². The lowest BCUT2D eigenvalue weighted by Gasteiger charge is -2.08. The smallest absolute Gasteiger partial charge is 0.337 e. The fourth-order valence-electron chi connectivity index (χ4n) is 1.73. The first-order chi connectivity index (χ1) is 10.1. The number of hydrogen-bond acceptors (Lipinski definition) is 5. The van der Waals surface area contributed by atoms with Gasteiger partial charge in [-0.15, -0.1) is 0 Å². The number of phenols is 1. The van der Waals surface area contributed by atoms with Crippen LogP contribution in [0.1, 0.15) is 26.3 Å². The van der Waals surface area contributed by atoms with Crippen LogP contribution in [0.5, 0.6) is 11.5 Å². The van der Waals surface area contributed by atoms with Crippen molar-refractivity contribution >= 4 is 12.3 Å². The summed E-state index contributed by atoms with van der Waals surface area (Å²) in [6.45, 7) is 0.279. The lowest BCUT2D eigenvalue weighted by molar-refractivity contribution is 0.0600. The summed E-state index contributed by atoms with van der Waals surface area (Å²) in [5.41, 5.74) is 1.54. The number of ether oxygens (including phenoxy) is 2. The number of rotatable bonds is 5. The summed E-state index contributed by atoms with van der Waals surface area (Å²) >= 11 is 0. The maximum absolute atomic E-state index is 11.3. The van der Waals surface area contributed by atoms with E-state index in [-0.39, 0.29) is 17.9 Å². The molecule has 5 heteroatoms. The lowest BCUT2D eigenvalue weighted by Crippen LogP contribution is -2.02. The summed E-state index contributed by atoms with van der Waals surface area (Å²) in [6.07, 6.45) is 0.574. The Bertz CT molecular complexity index is 646. The van der Waals surface area contributed by atoms with Crippen molar-refractivity contribution in [3.8, 4) is 11.5 Å².